The Labute approximate surface area is 851 Å². The van der Waals surface area contributed by atoms with Gasteiger partial charge in [-0.3, -0.25) is 0 Å². The molecule has 0 amide bonds. The van der Waals surface area contributed by atoms with Gasteiger partial charge < -0.3 is 61.8 Å². The third-order valence-corrected chi connectivity index (χ3v) is 26.0. The van der Waals surface area contributed by atoms with Crippen LogP contribution >= 0.6 is 0 Å². The van der Waals surface area contributed by atoms with Crippen molar-refractivity contribution in [3.63, 3.8) is 0 Å². The Morgan fingerprint density at radius 1 is 0.176 bits per heavy atom. The summed E-state index contributed by atoms with van der Waals surface area (Å²) in [7, 11) is 0. The fourth-order valence-electron chi connectivity index (χ4n) is 18.8. The summed E-state index contributed by atoms with van der Waals surface area (Å²) in [6, 6.07) is 88.4. The maximum atomic E-state index is 6.11. The van der Waals surface area contributed by atoms with Crippen molar-refractivity contribution >= 4 is 154 Å². The smallest absolute Gasteiger partial charge is 0.226 e. The first kappa shape index (κ1) is 96.3. The zero-order chi connectivity index (χ0) is 102. The van der Waals surface area contributed by atoms with E-state index in [1.807, 2.05) is 140 Å². The molecule has 14 aromatic carbocycles. The first-order valence-corrected chi connectivity index (χ1v) is 50.0. The molecule has 21 heteroatoms. The Morgan fingerprint density at radius 3 is 0.926 bits per heavy atom. The van der Waals surface area contributed by atoms with Gasteiger partial charge in [-0.1, -0.05) is 207 Å². The van der Waals surface area contributed by atoms with Gasteiger partial charge in [0.2, 0.25) is 41.2 Å². The van der Waals surface area contributed by atoms with Crippen LogP contribution in [-0.4, -0.2) is 34.9 Å². The normalized spacial score (nSPS) is 11.6. The molecular weight excluding hydrogens is 1850 g/mol. The molecule has 0 spiro atoms. The van der Waals surface area contributed by atoms with Crippen molar-refractivity contribution in [2.45, 2.75) is 139 Å². The molecule has 0 atom stereocenters. The molecule has 0 radical (unpaired) electrons. The number of hydrogen-bond acceptors (Lipinski definition) is 21. The van der Waals surface area contributed by atoms with Gasteiger partial charge in [-0.2, -0.15) is 0 Å². The second-order valence-electron chi connectivity index (χ2n) is 39.1. The van der Waals surface area contributed by atoms with Crippen molar-refractivity contribution in [1.82, 2.24) is 34.9 Å². The van der Waals surface area contributed by atoms with Gasteiger partial charge in [-0.05, 0) is 233 Å². The quantitative estimate of drug-likeness (QED) is 0.104. The van der Waals surface area contributed by atoms with E-state index < -0.39 is 0 Å². The molecule has 0 fully saturated rings. The van der Waals surface area contributed by atoms with E-state index in [0.717, 1.165) is 188 Å². The molecule has 14 aromatic heterocycles. The number of rotatable bonds is 13. The second kappa shape index (κ2) is 41.8. The van der Waals surface area contributed by atoms with Crippen LogP contribution in [0.5, 0.6) is 0 Å². The number of benzene rings is 14. The zero-order valence-corrected chi connectivity index (χ0v) is 84.8. The van der Waals surface area contributed by atoms with Crippen molar-refractivity contribution in [2.24, 2.45) is 5.92 Å². The highest BCUT2D eigenvalue weighted by Crippen LogP contribution is 2.45. The molecule has 28 aromatic rings. The van der Waals surface area contributed by atoms with E-state index in [4.69, 9.17) is 61.8 Å². The Kier molecular flexibility index (Phi) is 27.2. The number of oxazole rings is 7. The lowest BCUT2D eigenvalue weighted by Crippen LogP contribution is -1.92. The number of furan rings is 7. The summed E-state index contributed by atoms with van der Waals surface area (Å²) in [4.78, 5) is 29.4. The molecule has 14 heterocycles. The Hall–Kier alpha value is -17.9. The SMILES string of the molecule is CC(C)C.CC(C)c1cc(-c2ncco2)cc2oc3ccccc3c12.CC(C)c1cc2c(cc1-c1ncco1)oc1ccccc12.CC(C)c1ccc2c(c1)oc1cc(-c3ncco3)ccc12.CC(C)c1ccc2oc3cc(-c4ncco4)ccc3c2c1.CC(C)c1cccc2c1oc1cc(-c3ncco3)ccc12.CC(C)c1cccc2oc3cc(-c4ncco4)ccc3c12.c1ccc2c(c1)oc1cc(-c3ncco3)ccc12. The van der Waals surface area contributed by atoms with E-state index in [2.05, 4.69) is 260 Å². The van der Waals surface area contributed by atoms with Crippen molar-refractivity contribution < 1.29 is 61.8 Å². The number of fused-ring (bicyclic) bond motifs is 21. The van der Waals surface area contributed by atoms with Crippen LogP contribution in [0.4, 0.5) is 0 Å². The van der Waals surface area contributed by atoms with E-state index in [1.54, 1.807) is 87.2 Å². The third kappa shape index (κ3) is 19.8. The molecule has 0 aliphatic heterocycles. The van der Waals surface area contributed by atoms with Gasteiger partial charge in [-0.15, -0.1) is 0 Å². The maximum absolute atomic E-state index is 6.11. The minimum Gasteiger partial charge on any atom is -0.456 e. The molecule has 0 bridgehead atoms. The molecule has 0 saturated heterocycles. The van der Waals surface area contributed by atoms with Crippen LogP contribution in [0.15, 0.2) is 410 Å². The van der Waals surface area contributed by atoms with E-state index in [-0.39, 0.29) is 0 Å². The summed E-state index contributed by atoms with van der Waals surface area (Å²) in [5.74, 6) is 7.81. The summed E-state index contributed by atoms with van der Waals surface area (Å²) in [5.41, 5.74) is 26.8. The van der Waals surface area contributed by atoms with Crippen molar-refractivity contribution in [1.29, 1.82) is 0 Å². The second-order valence-corrected chi connectivity index (χ2v) is 39.1. The Balaban J connectivity index is 0.000000101. The van der Waals surface area contributed by atoms with E-state index in [0.29, 0.717) is 76.7 Å². The molecule has 0 aliphatic rings. The van der Waals surface area contributed by atoms with Gasteiger partial charge in [0.25, 0.3) is 0 Å². The van der Waals surface area contributed by atoms with Gasteiger partial charge in [0.1, 0.15) is 122 Å². The molecule has 21 nitrogen and oxygen atoms in total. The van der Waals surface area contributed by atoms with Crippen molar-refractivity contribution in [3.05, 3.63) is 381 Å². The van der Waals surface area contributed by atoms with Crippen LogP contribution in [0.1, 0.15) is 173 Å². The minimum atomic E-state index is 0.380. The summed E-state index contributed by atoms with van der Waals surface area (Å²) >= 11 is 0. The van der Waals surface area contributed by atoms with Crippen LogP contribution < -0.4 is 0 Å². The highest BCUT2D eigenvalue weighted by molar-refractivity contribution is 6.13. The lowest BCUT2D eigenvalue weighted by atomic mass is 9.95. The van der Waals surface area contributed by atoms with Gasteiger partial charge in [0.05, 0.1) is 43.4 Å². The molecule has 148 heavy (non-hydrogen) atoms. The van der Waals surface area contributed by atoms with Gasteiger partial charge in [0.15, 0.2) is 0 Å². The molecule has 0 aliphatic carbocycles. The van der Waals surface area contributed by atoms with Gasteiger partial charge in [-0.25, -0.2) is 34.9 Å². The van der Waals surface area contributed by atoms with Crippen molar-refractivity contribution in [3.8, 4) is 80.2 Å². The number of nitrogens with zero attached hydrogens (tertiary/aromatic N) is 7. The molecule has 0 N–H and O–H groups in total. The Bertz CT molecular complexity index is 9320. The predicted molar refractivity (Wildman–Crippen MR) is 590 cm³/mol. The Morgan fingerprint density at radius 2 is 0.466 bits per heavy atom. The zero-order valence-electron chi connectivity index (χ0n) is 84.8. The highest BCUT2D eigenvalue weighted by atomic mass is 16.4. The largest absolute Gasteiger partial charge is 0.456 e. The number of aromatic nitrogens is 7. The lowest BCUT2D eigenvalue weighted by Gasteiger charge is -2.10. The maximum Gasteiger partial charge on any atom is 0.226 e. The topological polar surface area (TPSA) is 274 Å². The molecule has 736 valence electrons. The van der Waals surface area contributed by atoms with E-state index in [1.165, 1.54) is 44.2 Å². The van der Waals surface area contributed by atoms with Crippen LogP contribution in [0.25, 0.3) is 234 Å². The van der Waals surface area contributed by atoms with Gasteiger partial charge in [0, 0.05) is 114 Å². The van der Waals surface area contributed by atoms with Crippen molar-refractivity contribution in [2.75, 3.05) is 0 Å². The summed E-state index contributed by atoms with van der Waals surface area (Å²) in [6.45, 7) is 32.8. The lowest BCUT2D eigenvalue weighted by molar-refractivity contribution is 0.572. The van der Waals surface area contributed by atoms with Crippen LogP contribution in [0.3, 0.4) is 0 Å². The summed E-state index contributed by atoms with van der Waals surface area (Å²) < 4.78 is 79.5. The van der Waals surface area contributed by atoms with Crippen LogP contribution in [-0.2, 0) is 0 Å². The first-order valence-electron chi connectivity index (χ1n) is 50.0. The standard InChI is InChI=1S/6C18H15NO2.C15H9NO2.C4H10/c1-11(2)12-4-6-16-15(9-12)14-5-3-13(10-17(14)21-16)18-19-7-8-20-18;1-11(2)12-3-5-14-15-6-4-13(18-19-7-8-20-18)10-17(15)21-16(14)9-12;1-11(2)13-4-3-5-15-17(13)14-7-6-12(10-16(14)21-15)18-19-8-9-20-18;1-11(2)13-4-3-5-15-14-7-6-12(18-19-8-9-20-18)10-16(14)21-17(13)15;1-11(2)14-9-12(18-19-7-8-20-18)10-16-17(14)13-5-3-4-6-15(13)21-16;1-11(2)13-9-14-12-5-3-4-6-16(12)21-17(14)10-15(13)18-19-7-8-20-18;1-2-4-13-11(3-1)12-6-5-10(9-14(12)18-13)15-16-7-8-17-15;1-4(2)3/h6*3-11H,1-2H3;1-9H;4H,1-3H3. The fourth-order valence-corrected chi connectivity index (χ4v) is 18.8. The number of para-hydroxylation sites is 4. The van der Waals surface area contributed by atoms with E-state index >= 15 is 0 Å². The first-order chi connectivity index (χ1) is 72.0. The van der Waals surface area contributed by atoms with E-state index in [9.17, 15) is 0 Å². The monoisotopic (exact) mass is 1960 g/mol. The molecular formula is C127H109N7O14. The van der Waals surface area contributed by atoms with Gasteiger partial charge >= 0.3 is 0 Å². The average molecular weight is 1960 g/mol. The average Bonchev–Trinajstić information content (AvgIpc) is 1.60. The molecule has 0 saturated carbocycles. The summed E-state index contributed by atoms with van der Waals surface area (Å²) in [6.07, 6.45) is 22.6. The third-order valence-electron chi connectivity index (χ3n) is 26.0. The summed E-state index contributed by atoms with van der Waals surface area (Å²) in [5, 5.41) is 16.1. The minimum absolute atomic E-state index is 0.380. The van der Waals surface area contributed by atoms with Crippen LogP contribution in [0.2, 0.25) is 0 Å². The molecule has 0 unspecified atom stereocenters. The molecule has 28 rings (SSSR count). The fraction of sp³-hybridized carbons (Fsp3) is 0.173. The highest BCUT2D eigenvalue weighted by Gasteiger charge is 2.24. The van der Waals surface area contributed by atoms with Crippen LogP contribution in [0, 0.1) is 5.92 Å². The number of hydrogen-bond donors (Lipinski definition) is 0. The predicted octanol–water partition coefficient (Wildman–Crippen LogP) is 38.1.